The van der Waals surface area contributed by atoms with Gasteiger partial charge in [-0.05, 0) is 30.8 Å². The van der Waals surface area contributed by atoms with Crippen molar-refractivity contribution in [2.24, 2.45) is 0 Å². The van der Waals surface area contributed by atoms with Gasteiger partial charge in [-0.25, -0.2) is 0 Å². The summed E-state index contributed by atoms with van der Waals surface area (Å²) in [5.41, 5.74) is 2.24. The molecule has 1 aliphatic heterocycles. The number of nitrogens with one attached hydrogen (secondary N) is 2. The Balaban J connectivity index is 1.93. The second-order valence-corrected chi connectivity index (χ2v) is 5.32. The summed E-state index contributed by atoms with van der Waals surface area (Å²) in [6.07, 6.45) is 3.13. The average molecular weight is 271 g/mol. The minimum atomic E-state index is -0.0764. The lowest BCUT2D eigenvalue weighted by Gasteiger charge is -2.14. The topological polar surface area (TPSA) is 41.1 Å². The first-order chi connectivity index (χ1) is 8.18. The maximum absolute atomic E-state index is 11.9. The Hall–Kier alpha value is -0.840. The number of carbonyl (C=O) groups excluding carboxylic acids is 1. The van der Waals surface area contributed by atoms with Crippen LogP contribution in [0.25, 0.3) is 0 Å². The lowest BCUT2D eigenvalue weighted by molar-refractivity contribution is 0.0960. The molecule has 0 bridgehead atoms. The van der Waals surface area contributed by atoms with Crippen LogP contribution in [0.3, 0.4) is 0 Å². The molecule has 0 radical (unpaired) electrons. The van der Waals surface area contributed by atoms with E-state index in [0.717, 1.165) is 25.1 Å². The SMILES string of the molecule is Cc1csc(C(=O)NCC2=CCNCC2)c1Cl. The van der Waals surface area contributed by atoms with Crippen LogP contribution in [0.2, 0.25) is 5.02 Å². The third-order valence-corrected chi connectivity index (χ3v) is 4.44. The fourth-order valence-corrected chi connectivity index (χ4v) is 2.88. The van der Waals surface area contributed by atoms with Crippen LogP contribution >= 0.6 is 22.9 Å². The standard InChI is InChI=1S/C12H15ClN2OS/c1-8-7-17-11(10(8)13)12(16)15-6-9-2-4-14-5-3-9/h2,7,14H,3-6H2,1H3,(H,15,16). The molecule has 3 nitrogen and oxygen atoms in total. The predicted molar refractivity (Wildman–Crippen MR) is 72.0 cm³/mol. The fraction of sp³-hybridized carbons (Fsp3) is 0.417. The van der Waals surface area contributed by atoms with Crippen LogP contribution in [0.4, 0.5) is 0 Å². The minimum absolute atomic E-state index is 0.0764. The van der Waals surface area contributed by atoms with Crippen molar-refractivity contribution in [1.82, 2.24) is 10.6 Å². The van der Waals surface area contributed by atoms with E-state index in [1.54, 1.807) is 0 Å². The molecule has 5 heteroatoms. The Morgan fingerprint density at radius 1 is 1.65 bits per heavy atom. The maximum atomic E-state index is 11.9. The Morgan fingerprint density at radius 2 is 2.47 bits per heavy atom. The second kappa shape index (κ2) is 5.67. The average Bonchev–Trinajstić information content (AvgIpc) is 2.69. The van der Waals surface area contributed by atoms with Gasteiger partial charge in [0, 0.05) is 13.1 Å². The van der Waals surface area contributed by atoms with Crippen molar-refractivity contribution in [1.29, 1.82) is 0 Å². The molecule has 0 unspecified atom stereocenters. The summed E-state index contributed by atoms with van der Waals surface area (Å²) in [7, 11) is 0. The van der Waals surface area contributed by atoms with Crippen molar-refractivity contribution in [3.8, 4) is 0 Å². The van der Waals surface area contributed by atoms with E-state index in [1.807, 2.05) is 12.3 Å². The number of carbonyl (C=O) groups is 1. The first-order valence-electron chi connectivity index (χ1n) is 5.59. The lowest BCUT2D eigenvalue weighted by Crippen LogP contribution is -2.29. The number of aryl methyl sites for hydroxylation is 1. The summed E-state index contributed by atoms with van der Waals surface area (Å²) in [5.74, 6) is -0.0764. The molecular formula is C12H15ClN2OS. The fourth-order valence-electron chi connectivity index (χ4n) is 1.69. The van der Waals surface area contributed by atoms with Crippen LogP contribution in [0.1, 0.15) is 21.7 Å². The van der Waals surface area contributed by atoms with Crippen molar-refractivity contribution in [2.75, 3.05) is 19.6 Å². The van der Waals surface area contributed by atoms with Gasteiger partial charge in [0.15, 0.2) is 0 Å². The molecule has 1 aromatic heterocycles. The van der Waals surface area contributed by atoms with E-state index in [0.29, 0.717) is 16.4 Å². The molecule has 2 heterocycles. The van der Waals surface area contributed by atoms with E-state index < -0.39 is 0 Å². The number of thiophene rings is 1. The number of amides is 1. The molecule has 2 N–H and O–H groups in total. The molecule has 0 aliphatic carbocycles. The molecule has 0 aromatic carbocycles. The van der Waals surface area contributed by atoms with E-state index in [4.69, 9.17) is 11.6 Å². The van der Waals surface area contributed by atoms with Gasteiger partial charge in [0.05, 0.1) is 5.02 Å². The summed E-state index contributed by atoms with van der Waals surface area (Å²) in [4.78, 5) is 12.5. The van der Waals surface area contributed by atoms with Crippen molar-refractivity contribution in [3.63, 3.8) is 0 Å². The van der Waals surface area contributed by atoms with E-state index in [2.05, 4.69) is 16.7 Å². The van der Waals surface area contributed by atoms with E-state index >= 15 is 0 Å². The zero-order valence-corrected chi connectivity index (χ0v) is 11.3. The first kappa shape index (κ1) is 12.6. The lowest BCUT2D eigenvalue weighted by atomic mass is 10.1. The number of rotatable bonds is 3. The third-order valence-electron chi connectivity index (χ3n) is 2.74. The molecule has 1 aliphatic rings. The molecule has 2 rings (SSSR count). The van der Waals surface area contributed by atoms with E-state index in [1.165, 1.54) is 16.9 Å². The highest BCUT2D eigenvalue weighted by molar-refractivity contribution is 7.13. The van der Waals surface area contributed by atoms with Gasteiger partial charge in [-0.2, -0.15) is 0 Å². The van der Waals surface area contributed by atoms with Crippen LogP contribution in [0.15, 0.2) is 17.0 Å². The predicted octanol–water partition coefficient (Wildman–Crippen LogP) is 2.36. The van der Waals surface area contributed by atoms with Gasteiger partial charge < -0.3 is 10.6 Å². The smallest absolute Gasteiger partial charge is 0.263 e. The highest BCUT2D eigenvalue weighted by Gasteiger charge is 2.14. The van der Waals surface area contributed by atoms with Gasteiger partial charge in [-0.15, -0.1) is 11.3 Å². The molecular weight excluding hydrogens is 256 g/mol. The van der Waals surface area contributed by atoms with Gasteiger partial charge in [0.2, 0.25) is 0 Å². The third kappa shape index (κ3) is 3.09. The number of hydrogen-bond donors (Lipinski definition) is 2. The minimum Gasteiger partial charge on any atom is -0.348 e. The zero-order valence-electron chi connectivity index (χ0n) is 9.68. The Labute approximate surface area is 110 Å². The van der Waals surface area contributed by atoms with Gasteiger partial charge in [0.25, 0.3) is 5.91 Å². The van der Waals surface area contributed by atoms with Crippen LogP contribution in [-0.4, -0.2) is 25.5 Å². The molecule has 17 heavy (non-hydrogen) atoms. The quantitative estimate of drug-likeness (QED) is 0.828. The van der Waals surface area contributed by atoms with E-state index in [-0.39, 0.29) is 5.91 Å². The molecule has 0 fully saturated rings. The maximum Gasteiger partial charge on any atom is 0.263 e. The molecule has 0 spiro atoms. The van der Waals surface area contributed by atoms with Crippen LogP contribution < -0.4 is 10.6 Å². The van der Waals surface area contributed by atoms with Crippen molar-refractivity contribution < 1.29 is 4.79 Å². The molecule has 1 aromatic rings. The van der Waals surface area contributed by atoms with Gasteiger partial charge in [0.1, 0.15) is 4.88 Å². The van der Waals surface area contributed by atoms with Crippen molar-refractivity contribution in [3.05, 3.63) is 32.5 Å². The van der Waals surface area contributed by atoms with Gasteiger partial charge >= 0.3 is 0 Å². The highest BCUT2D eigenvalue weighted by Crippen LogP contribution is 2.26. The Morgan fingerprint density at radius 3 is 3.06 bits per heavy atom. The highest BCUT2D eigenvalue weighted by atomic mass is 35.5. The monoisotopic (exact) mass is 270 g/mol. The van der Waals surface area contributed by atoms with Gasteiger partial charge in [-0.1, -0.05) is 23.3 Å². The largest absolute Gasteiger partial charge is 0.348 e. The summed E-state index contributed by atoms with van der Waals surface area (Å²) in [6.45, 7) is 4.41. The number of halogens is 1. The molecule has 0 atom stereocenters. The Bertz CT molecular complexity index is 453. The molecule has 0 saturated heterocycles. The summed E-state index contributed by atoms with van der Waals surface area (Å²) < 4.78 is 0. The molecule has 0 saturated carbocycles. The van der Waals surface area contributed by atoms with Crippen LogP contribution in [-0.2, 0) is 0 Å². The van der Waals surface area contributed by atoms with Gasteiger partial charge in [-0.3, -0.25) is 4.79 Å². The van der Waals surface area contributed by atoms with E-state index in [9.17, 15) is 4.79 Å². The second-order valence-electron chi connectivity index (χ2n) is 4.06. The summed E-state index contributed by atoms with van der Waals surface area (Å²) in [5, 5.41) is 8.63. The number of hydrogen-bond acceptors (Lipinski definition) is 3. The normalized spacial score (nSPS) is 15.5. The molecule has 1 amide bonds. The zero-order chi connectivity index (χ0) is 12.3. The van der Waals surface area contributed by atoms with Crippen LogP contribution in [0.5, 0.6) is 0 Å². The van der Waals surface area contributed by atoms with Crippen molar-refractivity contribution in [2.45, 2.75) is 13.3 Å². The molecule has 92 valence electrons. The van der Waals surface area contributed by atoms with Crippen LogP contribution in [0, 0.1) is 6.92 Å². The summed E-state index contributed by atoms with van der Waals surface area (Å²) >= 11 is 7.45. The van der Waals surface area contributed by atoms with Crippen molar-refractivity contribution >= 4 is 28.8 Å². The Kier molecular flexibility index (Phi) is 4.20. The first-order valence-corrected chi connectivity index (χ1v) is 6.84. The summed E-state index contributed by atoms with van der Waals surface area (Å²) in [6, 6.07) is 0.